The predicted octanol–water partition coefficient (Wildman–Crippen LogP) is 3.37. The molecule has 0 bridgehead atoms. The van der Waals surface area contributed by atoms with Gasteiger partial charge in [-0.15, -0.1) is 0 Å². The molecule has 0 amide bonds. The first-order chi connectivity index (χ1) is 7.99. The molecule has 0 saturated carbocycles. The van der Waals surface area contributed by atoms with Crippen molar-refractivity contribution in [3.63, 3.8) is 0 Å². The van der Waals surface area contributed by atoms with E-state index in [-0.39, 0.29) is 5.84 Å². The molecule has 0 atom stereocenters. The Balaban J connectivity index is 4.61. The summed E-state index contributed by atoms with van der Waals surface area (Å²) >= 11 is 11.3. The lowest BCUT2D eigenvalue weighted by molar-refractivity contribution is 0.200. The molecule has 0 aliphatic rings. The van der Waals surface area contributed by atoms with Crippen LogP contribution >= 0.6 is 30.9 Å². The Hall–Kier alpha value is 0.200. The minimum atomic E-state index is -3.43. The van der Waals surface area contributed by atoms with Crippen molar-refractivity contribution in [3.8, 4) is 0 Å². The van der Waals surface area contributed by atoms with E-state index in [9.17, 15) is 4.57 Å². The zero-order chi connectivity index (χ0) is 13.3. The third-order valence-corrected chi connectivity index (χ3v) is 3.59. The van der Waals surface area contributed by atoms with Gasteiger partial charge in [0.15, 0.2) is 4.84 Å². The number of nitrogens with one attached hydrogen (secondary N) is 1. The number of alkyl halides is 2. The molecule has 1 N–H and O–H groups in total. The number of nitrogens with zero attached hydrogens (tertiary/aromatic N) is 1. The summed E-state index contributed by atoms with van der Waals surface area (Å²) < 4.78 is 22.6. The lowest BCUT2D eigenvalue weighted by atomic mass is 10.5. The largest absolute Gasteiger partial charge is 0.433 e. The molecule has 0 rings (SSSR count). The molecule has 0 aromatic carbocycles. The molecule has 0 radical (unpaired) electrons. The Morgan fingerprint density at radius 1 is 1.29 bits per heavy atom. The molecular formula is C9H19Cl2N2O3P. The number of hydrogen-bond donors (Lipinski definition) is 1. The highest BCUT2D eigenvalue weighted by Crippen LogP contribution is 2.44. The smallest absolute Gasteiger partial charge is 0.292 e. The standard InChI is InChI=1S/C9H19Cl2N2O3P/c1-4-6-15-17(14,16-7-5-2)13-9(12-3)8(10)11/h8H,4-7H2,1-3H3,(H,12,13,14). The molecule has 17 heavy (non-hydrogen) atoms. The van der Waals surface area contributed by atoms with Crippen molar-refractivity contribution in [3.05, 3.63) is 0 Å². The zero-order valence-corrected chi connectivity index (χ0v) is 12.7. The maximum atomic E-state index is 12.3. The van der Waals surface area contributed by atoms with Crippen LogP contribution < -0.4 is 5.09 Å². The number of aliphatic imine (C=N–C) groups is 1. The summed E-state index contributed by atoms with van der Waals surface area (Å²) in [6.45, 7) is 4.45. The average Bonchev–Trinajstić information content (AvgIpc) is 2.31. The molecule has 0 fully saturated rings. The first-order valence-electron chi connectivity index (χ1n) is 5.41. The maximum absolute atomic E-state index is 12.3. The highest BCUT2D eigenvalue weighted by Gasteiger charge is 2.27. The van der Waals surface area contributed by atoms with Crippen molar-refractivity contribution in [2.75, 3.05) is 20.3 Å². The van der Waals surface area contributed by atoms with E-state index in [4.69, 9.17) is 32.2 Å². The Labute approximate surface area is 112 Å². The van der Waals surface area contributed by atoms with E-state index in [2.05, 4.69) is 10.1 Å². The summed E-state index contributed by atoms with van der Waals surface area (Å²) in [5.74, 6) is 0.170. The molecule has 8 heteroatoms. The lowest BCUT2D eigenvalue weighted by Crippen LogP contribution is -2.28. The minimum absolute atomic E-state index is 0.170. The van der Waals surface area contributed by atoms with Crippen LogP contribution in [0.4, 0.5) is 0 Å². The molecule has 102 valence electrons. The fourth-order valence-electron chi connectivity index (χ4n) is 0.861. The van der Waals surface area contributed by atoms with Gasteiger partial charge in [0.2, 0.25) is 0 Å². The third kappa shape index (κ3) is 7.27. The van der Waals surface area contributed by atoms with Gasteiger partial charge >= 0.3 is 7.75 Å². The summed E-state index contributed by atoms with van der Waals surface area (Å²) in [6, 6.07) is 0. The summed E-state index contributed by atoms with van der Waals surface area (Å²) in [4.78, 5) is 2.90. The van der Waals surface area contributed by atoms with E-state index in [1.54, 1.807) is 0 Å². The van der Waals surface area contributed by atoms with Crippen molar-refractivity contribution in [2.24, 2.45) is 4.99 Å². The summed E-state index contributed by atoms with van der Waals surface area (Å²) in [6.07, 6.45) is 1.45. The Morgan fingerprint density at radius 3 is 2.06 bits per heavy atom. The van der Waals surface area contributed by atoms with E-state index in [1.807, 2.05) is 13.8 Å². The van der Waals surface area contributed by atoms with Gasteiger partial charge in [0.1, 0.15) is 5.84 Å². The normalized spacial score (nSPS) is 13.2. The number of rotatable bonds is 8. The molecule has 0 unspecified atom stereocenters. The topological polar surface area (TPSA) is 59.9 Å². The van der Waals surface area contributed by atoms with Crippen LogP contribution in [-0.2, 0) is 13.6 Å². The van der Waals surface area contributed by atoms with E-state index in [1.165, 1.54) is 7.05 Å². The summed E-state index contributed by atoms with van der Waals surface area (Å²) in [7, 11) is -1.94. The van der Waals surface area contributed by atoms with Crippen molar-refractivity contribution in [1.29, 1.82) is 0 Å². The van der Waals surface area contributed by atoms with Gasteiger partial charge in [-0.25, -0.2) is 4.57 Å². The number of hydrogen-bond acceptors (Lipinski definition) is 4. The minimum Gasteiger partial charge on any atom is -0.292 e. The summed E-state index contributed by atoms with van der Waals surface area (Å²) in [5, 5.41) is 2.55. The van der Waals surface area contributed by atoms with Crippen LogP contribution in [0.25, 0.3) is 0 Å². The second-order valence-corrected chi connectivity index (χ2v) is 6.02. The highest BCUT2D eigenvalue weighted by molar-refractivity contribution is 7.52. The first-order valence-corrected chi connectivity index (χ1v) is 7.82. The van der Waals surface area contributed by atoms with Crippen LogP contribution in [0.5, 0.6) is 0 Å². The van der Waals surface area contributed by atoms with E-state index >= 15 is 0 Å². The van der Waals surface area contributed by atoms with Crippen molar-refractivity contribution in [1.82, 2.24) is 5.09 Å². The van der Waals surface area contributed by atoms with Crippen LogP contribution in [0.1, 0.15) is 26.7 Å². The average molecular weight is 305 g/mol. The van der Waals surface area contributed by atoms with Crippen LogP contribution in [0, 0.1) is 0 Å². The molecule has 0 aliphatic carbocycles. The molecule has 0 aromatic heterocycles. The monoisotopic (exact) mass is 304 g/mol. The molecule has 0 saturated heterocycles. The zero-order valence-electron chi connectivity index (χ0n) is 10.3. The van der Waals surface area contributed by atoms with Gasteiger partial charge in [-0.1, -0.05) is 37.0 Å². The van der Waals surface area contributed by atoms with Crippen LogP contribution in [0.3, 0.4) is 0 Å². The Kier molecular flexibility index (Phi) is 9.28. The first kappa shape index (κ1) is 17.2. The fourth-order valence-corrected chi connectivity index (χ4v) is 2.88. The maximum Gasteiger partial charge on any atom is 0.433 e. The molecule has 0 aromatic rings. The van der Waals surface area contributed by atoms with Gasteiger partial charge in [-0.2, -0.15) is 0 Å². The van der Waals surface area contributed by atoms with Crippen molar-refractivity contribution >= 4 is 36.8 Å². The molecular weight excluding hydrogens is 286 g/mol. The van der Waals surface area contributed by atoms with E-state index in [0.717, 1.165) is 12.8 Å². The van der Waals surface area contributed by atoms with E-state index < -0.39 is 12.6 Å². The molecule has 0 spiro atoms. The van der Waals surface area contributed by atoms with Gasteiger partial charge in [0.25, 0.3) is 0 Å². The third-order valence-electron chi connectivity index (χ3n) is 1.63. The van der Waals surface area contributed by atoms with E-state index in [0.29, 0.717) is 13.2 Å². The second-order valence-electron chi connectivity index (χ2n) is 3.19. The molecule has 5 nitrogen and oxygen atoms in total. The number of amidine groups is 1. The molecule has 0 heterocycles. The lowest BCUT2D eigenvalue weighted by Gasteiger charge is -2.20. The van der Waals surface area contributed by atoms with Crippen LogP contribution in [0.2, 0.25) is 0 Å². The van der Waals surface area contributed by atoms with Gasteiger partial charge in [-0.3, -0.25) is 19.1 Å². The fraction of sp³-hybridized carbons (Fsp3) is 0.889. The van der Waals surface area contributed by atoms with Gasteiger partial charge in [0.05, 0.1) is 13.2 Å². The Bertz CT molecular complexity index is 275. The summed E-state index contributed by atoms with van der Waals surface area (Å²) in [5.41, 5.74) is 0. The van der Waals surface area contributed by atoms with Gasteiger partial charge in [-0.05, 0) is 12.8 Å². The Morgan fingerprint density at radius 2 is 1.76 bits per heavy atom. The quantitative estimate of drug-likeness (QED) is 0.323. The molecule has 0 aliphatic heterocycles. The highest BCUT2D eigenvalue weighted by atomic mass is 35.5. The van der Waals surface area contributed by atoms with Crippen molar-refractivity contribution < 1.29 is 13.6 Å². The van der Waals surface area contributed by atoms with Crippen molar-refractivity contribution in [2.45, 2.75) is 31.5 Å². The second kappa shape index (κ2) is 9.17. The van der Waals surface area contributed by atoms with Crippen LogP contribution in [-0.4, -0.2) is 30.9 Å². The predicted molar refractivity (Wildman–Crippen MR) is 72.1 cm³/mol. The van der Waals surface area contributed by atoms with Gasteiger partial charge in [0, 0.05) is 7.05 Å². The van der Waals surface area contributed by atoms with Crippen LogP contribution in [0.15, 0.2) is 4.99 Å². The SMILES string of the molecule is CCCOP(=O)(NC(=NC)C(Cl)Cl)OCCC. The number of halogens is 2. The van der Waals surface area contributed by atoms with Gasteiger partial charge < -0.3 is 0 Å².